The first-order valence-corrected chi connectivity index (χ1v) is 15.3. The molecule has 4 heterocycles. The number of nitrogens with one attached hydrogen (secondary N) is 2. The number of H-pyrrole nitrogens is 1. The number of hydrogen-bond donors (Lipinski definition) is 2. The van der Waals surface area contributed by atoms with E-state index in [9.17, 15) is 22.8 Å². The normalized spacial score (nSPS) is 16.8. The predicted molar refractivity (Wildman–Crippen MR) is 171 cm³/mol. The second-order valence-corrected chi connectivity index (χ2v) is 11.8. The van der Waals surface area contributed by atoms with Gasteiger partial charge in [-0.2, -0.15) is 5.10 Å². The van der Waals surface area contributed by atoms with Gasteiger partial charge in [0.1, 0.15) is 11.6 Å². The Balaban J connectivity index is 0.926. The van der Waals surface area contributed by atoms with Crippen molar-refractivity contribution in [1.82, 2.24) is 30.0 Å². The molecule has 1 fully saturated rings. The van der Waals surface area contributed by atoms with Gasteiger partial charge in [0, 0.05) is 36.3 Å². The zero-order valence-electron chi connectivity index (χ0n) is 25.2. The summed E-state index contributed by atoms with van der Waals surface area (Å²) >= 11 is 0. The lowest BCUT2D eigenvalue weighted by Crippen LogP contribution is -2.41. The van der Waals surface area contributed by atoms with Crippen LogP contribution in [0.5, 0.6) is 0 Å². The number of aromatic amines is 1. The molecular formula is C35H30F3N7O2. The molecule has 12 heteroatoms. The molecule has 0 unspecified atom stereocenters. The molecule has 7 rings (SSSR count). The summed E-state index contributed by atoms with van der Waals surface area (Å²) in [4.78, 5) is 37.8. The maximum Gasteiger partial charge on any atom is 0.237 e. The van der Waals surface area contributed by atoms with Crippen molar-refractivity contribution in [1.29, 1.82) is 0 Å². The quantitative estimate of drug-likeness (QED) is 0.238. The highest BCUT2D eigenvalue weighted by atomic mass is 19.1. The maximum atomic E-state index is 14.9. The number of benzene rings is 3. The molecule has 9 nitrogen and oxygen atoms in total. The SMILES string of the molecule is O=C(Nc1ccc2[nH]nc(-c3ccc(F)cc3)c2c1)[C@@H]1CCN(CC(=O)N2CC=C(c3ccc(-c4ncc(F)cn4)c(F)c3)CC2)C1. The number of carbonyl (C=O) groups excluding carboxylic acids is 2. The van der Waals surface area contributed by atoms with E-state index in [1.807, 2.05) is 29.2 Å². The minimum absolute atomic E-state index is 0.0184. The van der Waals surface area contributed by atoms with Gasteiger partial charge in [0.25, 0.3) is 0 Å². The van der Waals surface area contributed by atoms with E-state index in [2.05, 4.69) is 25.5 Å². The lowest BCUT2D eigenvalue weighted by Gasteiger charge is -2.28. The second kappa shape index (κ2) is 12.8. The van der Waals surface area contributed by atoms with E-state index < -0.39 is 11.6 Å². The van der Waals surface area contributed by atoms with Gasteiger partial charge < -0.3 is 10.2 Å². The Labute approximate surface area is 268 Å². The number of anilines is 1. The fourth-order valence-electron chi connectivity index (χ4n) is 6.15. The van der Waals surface area contributed by atoms with Gasteiger partial charge in [-0.1, -0.05) is 12.1 Å². The molecule has 0 saturated carbocycles. The summed E-state index contributed by atoms with van der Waals surface area (Å²) in [6.45, 7) is 2.24. The topological polar surface area (TPSA) is 107 Å². The molecule has 1 saturated heterocycles. The van der Waals surface area contributed by atoms with E-state index in [1.165, 1.54) is 18.2 Å². The zero-order chi connectivity index (χ0) is 32.5. The Bertz CT molecular complexity index is 1990. The monoisotopic (exact) mass is 637 g/mol. The van der Waals surface area contributed by atoms with Gasteiger partial charge in [-0.25, -0.2) is 23.1 Å². The molecule has 0 spiro atoms. The number of halogens is 3. The van der Waals surface area contributed by atoms with Crippen LogP contribution in [-0.4, -0.2) is 74.5 Å². The molecule has 3 aromatic carbocycles. The number of nitrogens with zero attached hydrogens (tertiary/aromatic N) is 5. The van der Waals surface area contributed by atoms with Crippen LogP contribution in [0.25, 0.3) is 39.1 Å². The van der Waals surface area contributed by atoms with Crippen LogP contribution in [-0.2, 0) is 9.59 Å². The number of likely N-dealkylation sites (tertiary alicyclic amines) is 1. The molecule has 2 amide bonds. The molecule has 2 aliphatic rings. The van der Waals surface area contributed by atoms with Crippen molar-refractivity contribution >= 4 is 34.0 Å². The molecule has 5 aromatic rings. The maximum absolute atomic E-state index is 14.9. The number of aromatic nitrogens is 4. The Morgan fingerprint density at radius 2 is 1.70 bits per heavy atom. The fraction of sp³-hybridized carbons (Fsp3) is 0.229. The summed E-state index contributed by atoms with van der Waals surface area (Å²) < 4.78 is 41.4. The van der Waals surface area contributed by atoms with Crippen LogP contribution in [0.1, 0.15) is 18.4 Å². The van der Waals surface area contributed by atoms with Crippen LogP contribution in [0.3, 0.4) is 0 Å². The molecule has 2 aliphatic heterocycles. The van der Waals surface area contributed by atoms with Gasteiger partial charge in [-0.15, -0.1) is 0 Å². The van der Waals surface area contributed by atoms with E-state index >= 15 is 0 Å². The third-order valence-corrected chi connectivity index (χ3v) is 8.71. The van der Waals surface area contributed by atoms with Crippen molar-refractivity contribution in [2.75, 3.05) is 38.0 Å². The molecule has 238 valence electrons. The molecule has 2 aromatic heterocycles. The molecule has 0 aliphatic carbocycles. The Hall–Kier alpha value is -5.36. The summed E-state index contributed by atoms with van der Waals surface area (Å²) in [5.41, 5.74) is 4.71. The van der Waals surface area contributed by atoms with Gasteiger partial charge in [-0.3, -0.25) is 19.6 Å². The molecule has 1 atom stereocenters. The van der Waals surface area contributed by atoms with Crippen molar-refractivity contribution in [3.8, 4) is 22.6 Å². The molecule has 47 heavy (non-hydrogen) atoms. The van der Waals surface area contributed by atoms with Gasteiger partial charge >= 0.3 is 0 Å². The first-order chi connectivity index (χ1) is 22.8. The highest BCUT2D eigenvalue weighted by molar-refractivity contribution is 5.99. The summed E-state index contributed by atoms with van der Waals surface area (Å²) in [7, 11) is 0. The predicted octanol–water partition coefficient (Wildman–Crippen LogP) is 5.68. The summed E-state index contributed by atoms with van der Waals surface area (Å²) in [5.74, 6) is -1.70. The molecule has 0 radical (unpaired) electrons. The third kappa shape index (κ3) is 6.50. The van der Waals surface area contributed by atoms with Crippen molar-refractivity contribution < 1.29 is 22.8 Å². The van der Waals surface area contributed by atoms with Crippen LogP contribution >= 0.6 is 0 Å². The fourth-order valence-corrected chi connectivity index (χ4v) is 6.15. The number of fused-ring (bicyclic) bond motifs is 1. The highest BCUT2D eigenvalue weighted by Crippen LogP contribution is 2.30. The van der Waals surface area contributed by atoms with Crippen molar-refractivity contribution in [3.63, 3.8) is 0 Å². The Kier molecular flexibility index (Phi) is 8.25. The van der Waals surface area contributed by atoms with E-state index in [1.54, 1.807) is 29.2 Å². The summed E-state index contributed by atoms with van der Waals surface area (Å²) in [6, 6.07) is 16.4. The number of rotatable bonds is 7. The minimum Gasteiger partial charge on any atom is -0.338 e. The van der Waals surface area contributed by atoms with Crippen molar-refractivity contribution in [2.24, 2.45) is 5.92 Å². The van der Waals surface area contributed by atoms with Crippen LogP contribution in [0, 0.1) is 23.4 Å². The summed E-state index contributed by atoms with van der Waals surface area (Å²) in [6.07, 6.45) is 5.15. The smallest absolute Gasteiger partial charge is 0.237 e. The average molecular weight is 638 g/mol. The Morgan fingerprint density at radius 1 is 0.915 bits per heavy atom. The lowest BCUT2D eigenvalue weighted by atomic mass is 9.98. The molecular weight excluding hydrogens is 607 g/mol. The van der Waals surface area contributed by atoms with Gasteiger partial charge in [0.2, 0.25) is 11.8 Å². The van der Waals surface area contributed by atoms with Gasteiger partial charge in [0.15, 0.2) is 11.6 Å². The van der Waals surface area contributed by atoms with E-state index in [-0.39, 0.29) is 41.5 Å². The first-order valence-electron chi connectivity index (χ1n) is 15.3. The first kappa shape index (κ1) is 30.3. The van der Waals surface area contributed by atoms with E-state index in [4.69, 9.17) is 0 Å². The number of amides is 2. The second-order valence-electron chi connectivity index (χ2n) is 11.8. The number of carbonyl (C=O) groups is 2. The van der Waals surface area contributed by atoms with Crippen molar-refractivity contribution in [2.45, 2.75) is 12.8 Å². The molecule has 0 bridgehead atoms. The van der Waals surface area contributed by atoms with E-state index in [0.29, 0.717) is 56.0 Å². The van der Waals surface area contributed by atoms with Crippen molar-refractivity contribution in [3.05, 3.63) is 102 Å². The number of hydrogen-bond acceptors (Lipinski definition) is 6. The third-order valence-electron chi connectivity index (χ3n) is 8.71. The van der Waals surface area contributed by atoms with Gasteiger partial charge in [-0.05, 0) is 85.1 Å². The van der Waals surface area contributed by atoms with Crippen LogP contribution in [0.4, 0.5) is 18.9 Å². The van der Waals surface area contributed by atoms with Crippen LogP contribution < -0.4 is 5.32 Å². The average Bonchev–Trinajstić information content (AvgIpc) is 3.73. The van der Waals surface area contributed by atoms with Crippen LogP contribution in [0.2, 0.25) is 0 Å². The van der Waals surface area contributed by atoms with Gasteiger partial charge in [0.05, 0.1) is 41.6 Å². The minimum atomic E-state index is -0.591. The van der Waals surface area contributed by atoms with Crippen LogP contribution in [0.15, 0.2) is 79.1 Å². The Morgan fingerprint density at radius 3 is 2.45 bits per heavy atom. The standard InChI is InChI=1S/C35H30F3N7O2/c36-25-4-1-22(2-5-25)33-29-16-27(6-8-31(29)42-43-33)41-35(47)24-9-12-44(19-24)20-32(46)45-13-10-21(11-14-45)23-3-7-28(30(38)15-23)34-39-17-26(37)18-40-34/h1-8,10,15-18,24H,9,11-14,19-20H2,(H,41,47)(H,42,43)/t24-/m1/s1. The highest BCUT2D eigenvalue weighted by Gasteiger charge is 2.31. The van der Waals surface area contributed by atoms with E-state index in [0.717, 1.165) is 34.4 Å². The lowest BCUT2D eigenvalue weighted by molar-refractivity contribution is -0.132. The molecule has 2 N–H and O–H groups in total. The largest absolute Gasteiger partial charge is 0.338 e. The zero-order valence-corrected chi connectivity index (χ0v) is 25.2. The summed E-state index contributed by atoms with van der Waals surface area (Å²) in [5, 5.41) is 11.2.